The second-order valence-corrected chi connectivity index (χ2v) is 3.62. The van der Waals surface area contributed by atoms with Crippen LogP contribution in [0.1, 0.15) is 12.8 Å². The third-order valence-corrected chi connectivity index (χ3v) is 2.56. The van der Waals surface area contributed by atoms with Crippen LogP contribution < -0.4 is 0 Å². The largest absolute Gasteiger partial charge is 0.383 e. The molecule has 0 radical (unpaired) electrons. The van der Waals surface area contributed by atoms with Crippen molar-refractivity contribution in [2.24, 2.45) is 0 Å². The van der Waals surface area contributed by atoms with E-state index >= 15 is 0 Å². The summed E-state index contributed by atoms with van der Waals surface area (Å²) in [4.78, 5) is 2.38. The monoisotopic (exact) mass is 203 g/mol. The maximum Gasteiger partial charge on any atom is 0.169 e. The molecule has 0 saturated heterocycles. The quantitative estimate of drug-likeness (QED) is 0.544. The molecule has 1 fully saturated rings. The molecule has 84 valence electrons. The van der Waals surface area contributed by atoms with Crippen molar-refractivity contribution in [3.8, 4) is 0 Å². The summed E-state index contributed by atoms with van der Waals surface area (Å²) in [6, 6.07) is 0.720. The van der Waals surface area contributed by atoms with Gasteiger partial charge in [-0.3, -0.25) is 4.90 Å². The summed E-state index contributed by atoms with van der Waals surface area (Å²) < 4.78 is 15.4. The maximum absolute atomic E-state index is 5.18. The van der Waals surface area contributed by atoms with E-state index in [1.807, 2.05) is 0 Å². The van der Waals surface area contributed by atoms with Gasteiger partial charge < -0.3 is 14.2 Å². The minimum Gasteiger partial charge on any atom is -0.383 e. The third kappa shape index (κ3) is 3.92. The molecule has 0 bridgehead atoms. The highest BCUT2D eigenvalue weighted by atomic mass is 16.7. The number of ether oxygens (including phenoxy) is 3. The molecule has 4 nitrogen and oxygen atoms in total. The first-order valence-electron chi connectivity index (χ1n) is 5.10. The Hall–Kier alpha value is -0.160. The van der Waals surface area contributed by atoms with Gasteiger partial charge in [-0.1, -0.05) is 0 Å². The molecular weight excluding hydrogens is 182 g/mol. The van der Waals surface area contributed by atoms with Gasteiger partial charge in [0.15, 0.2) is 6.29 Å². The average Bonchev–Trinajstić information content (AvgIpc) is 3.02. The lowest BCUT2D eigenvalue weighted by Crippen LogP contribution is -2.38. The topological polar surface area (TPSA) is 30.9 Å². The Bertz CT molecular complexity index is 146. The first-order valence-corrected chi connectivity index (χ1v) is 5.10. The van der Waals surface area contributed by atoms with Crippen molar-refractivity contribution in [2.75, 3.05) is 41.0 Å². The molecule has 0 spiro atoms. The second kappa shape index (κ2) is 6.35. The molecule has 0 atom stereocenters. The van der Waals surface area contributed by atoms with Crippen molar-refractivity contribution in [3.63, 3.8) is 0 Å². The fraction of sp³-hybridized carbons (Fsp3) is 1.00. The average molecular weight is 203 g/mol. The van der Waals surface area contributed by atoms with Crippen molar-refractivity contribution < 1.29 is 14.2 Å². The normalized spacial score (nSPS) is 16.9. The zero-order valence-corrected chi connectivity index (χ0v) is 9.36. The number of methoxy groups -OCH3 is 3. The van der Waals surface area contributed by atoms with E-state index in [9.17, 15) is 0 Å². The maximum atomic E-state index is 5.18. The van der Waals surface area contributed by atoms with Crippen molar-refractivity contribution in [1.29, 1.82) is 0 Å². The second-order valence-electron chi connectivity index (χ2n) is 3.62. The summed E-state index contributed by atoms with van der Waals surface area (Å²) >= 11 is 0. The predicted molar refractivity (Wildman–Crippen MR) is 54.3 cm³/mol. The Labute approximate surface area is 86.1 Å². The highest BCUT2D eigenvalue weighted by molar-refractivity contribution is 4.84. The van der Waals surface area contributed by atoms with E-state index in [0.29, 0.717) is 0 Å². The molecular formula is C10H21NO3. The fourth-order valence-corrected chi connectivity index (χ4v) is 1.51. The molecule has 0 unspecified atom stereocenters. The molecule has 0 amide bonds. The number of rotatable bonds is 8. The molecule has 0 N–H and O–H groups in total. The Kier molecular flexibility index (Phi) is 5.40. The van der Waals surface area contributed by atoms with Crippen LogP contribution in [0.3, 0.4) is 0 Å². The fourth-order valence-electron chi connectivity index (χ4n) is 1.51. The Balaban J connectivity index is 2.26. The molecule has 0 aliphatic heterocycles. The van der Waals surface area contributed by atoms with E-state index in [-0.39, 0.29) is 6.29 Å². The van der Waals surface area contributed by atoms with Crippen molar-refractivity contribution in [3.05, 3.63) is 0 Å². The zero-order valence-electron chi connectivity index (χ0n) is 9.36. The van der Waals surface area contributed by atoms with Crippen molar-refractivity contribution >= 4 is 0 Å². The van der Waals surface area contributed by atoms with Gasteiger partial charge in [-0.2, -0.15) is 0 Å². The lowest BCUT2D eigenvalue weighted by Gasteiger charge is -2.25. The lowest BCUT2D eigenvalue weighted by atomic mass is 10.4. The molecule has 0 aromatic heterocycles. The molecule has 0 aromatic carbocycles. The summed E-state index contributed by atoms with van der Waals surface area (Å²) in [5.41, 5.74) is 0. The van der Waals surface area contributed by atoms with Crippen LogP contribution in [0.25, 0.3) is 0 Å². The summed E-state index contributed by atoms with van der Waals surface area (Å²) in [5.74, 6) is 0. The van der Waals surface area contributed by atoms with Gasteiger partial charge in [0.2, 0.25) is 0 Å². The first-order chi connectivity index (χ1) is 6.81. The standard InChI is InChI=1S/C10H21NO3/c1-12-7-6-11(9-4-5-9)8-10(13-2)14-3/h9-10H,4-8H2,1-3H3. The van der Waals surface area contributed by atoms with Crippen LogP contribution in [0.15, 0.2) is 0 Å². The van der Waals surface area contributed by atoms with E-state index in [1.165, 1.54) is 12.8 Å². The van der Waals surface area contributed by atoms with Crippen molar-refractivity contribution in [1.82, 2.24) is 4.90 Å². The highest BCUT2D eigenvalue weighted by Crippen LogP contribution is 2.26. The minimum atomic E-state index is -0.118. The van der Waals surface area contributed by atoms with Crippen LogP contribution in [0.5, 0.6) is 0 Å². The number of hydrogen-bond donors (Lipinski definition) is 0. The van der Waals surface area contributed by atoms with Gasteiger partial charge in [0, 0.05) is 40.5 Å². The summed E-state index contributed by atoms with van der Waals surface area (Å²) in [6.45, 7) is 2.57. The SMILES string of the molecule is COCCN(CC(OC)OC)C1CC1. The molecule has 1 rings (SSSR count). The molecule has 1 aliphatic rings. The van der Waals surface area contributed by atoms with Gasteiger partial charge >= 0.3 is 0 Å². The van der Waals surface area contributed by atoms with E-state index < -0.39 is 0 Å². The highest BCUT2D eigenvalue weighted by Gasteiger charge is 2.30. The number of nitrogens with zero attached hydrogens (tertiary/aromatic N) is 1. The van der Waals surface area contributed by atoms with Crippen LogP contribution in [0, 0.1) is 0 Å². The van der Waals surface area contributed by atoms with E-state index in [0.717, 1.165) is 25.7 Å². The predicted octanol–water partition coefficient (Wildman–Crippen LogP) is 0.716. The zero-order chi connectivity index (χ0) is 10.4. The first kappa shape index (κ1) is 11.9. The summed E-state index contributed by atoms with van der Waals surface area (Å²) in [6.07, 6.45) is 2.47. The lowest BCUT2D eigenvalue weighted by molar-refractivity contribution is -0.118. The van der Waals surface area contributed by atoms with E-state index in [2.05, 4.69) is 4.90 Å². The van der Waals surface area contributed by atoms with Gasteiger partial charge in [-0.15, -0.1) is 0 Å². The Morgan fingerprint density at radius 2 is 1.86 bits per heavy atom. The van der Waals surface area contributed by atoms with Crippen molar-refractivity contribution in [2.45, 2.75) is 25.2 Å². The van der Waals surface area contributed by atoms with Crippen LogP contribution >= 0.6 is 0 Å². The molecule has 1 aliphatic carbocycles. The van der Waals surface area contributed by atoms with Crippen LogP contribution in [0.2, 0.25) is 0 Å². The molecule has 0 aromatic rings. The van der Waals surface area contributed by atoms with Gasteiger partial charge in [0.25, 0.3) is 0 Å². The number of hydrogen-bond acceptors (Lipinski definition) is 4. The smallest absolute Gasteiger partial charge is 0.169 e. The van der Waals surface area contributed by atoms with Gasteiger partial charge in [-0.25, -0.2) is 0 Å². The Morgan fingerprint density at radius 3 is 2.29 bits per heavy atom. The third-order valence-electron chi connectivity index (χ3n) is 2.56. The van der Waals surface area contributed by atoms with Gasteiger partial charge in [-0.05, 0) is 12.8 Å². The van der Waals surface area contributed by atoms with E-state index in [1.54, 1.807) is 21.3 Å². The van der Waals surface area contributed by atoms with E-state index in [4.69, 9.17) is 14.2 Å². The van der Waals surface area contributed by atoms with Crippen LogP contribution in [0.4, 0.5) is 0 Å². The van der Waals surface area contributed by atoms with Gasteiger partial charge in [0.05, 0.1) is 6.61 Å². The summed E-state index contributed by atoms with van der Waals surface area (Å²) in [7, 11) is 5.08. The Morgan fingerprint density at radius 1 is 1.21 bits per heavy atom. The van der Waals surface area contributed by atoms with Crippen LogP contribution in [-0.4, -0.2) is 58.3 Å². The minimum absolute atomic E-state index is 0.118. The summed E-state index contributed by atoms with van der Waals surface area (Å²) in [5, 5.41) is 0. The molecule has 0 heterocycles. The van der Waals surface area contributed by atoms with Crippen LogP contribution in [-0.2, 0) is 14.2 Å². The van der Waals surface area contributed by atoms with Gasteiger partial charge in [0.1, 0.15) is 0 Å². The molecule has 14 heavy (non-hydrogen) atoms. The molecule has 1 saturated carbocycles. The molecule has 4 heteroatoms.